The van der Waals surface area contributed by atoms with Crippen molar-refractivity contribution in [3.05, 3.63) is 49.2 Å². The third-order valence-corrected chi connectivity index (χ3v) is 5.07. The van der Waals surface area contributed by atoms with Crippen molar-refractivity contribution in [1.29, 1.82) is 0 Å². The Kier molecular flexibility index (Phi) is 8.50. The molecule has 14 nitrogen and oxygen atoms in total. The van der Waals surface area contributed by atoms with E-state index >= 15 is 0 Å². The molecular formula is C20H27ClN10O4. The summed E-state index contributed by atoms with van der Waals surface area (Å²) in [4.78, 5) is 42.0. The molecule has 3 rings (SSSR count). The Morgan fingerprint density at radius 2 is 1.60 bits per heavy atom. The maximum Gasteiger partial charge on any atom is 0.344 e. The fraction of sp³-hybridized carbons (Fsp3) is 0.250. The van der Waals surface area contributed by atoms with Crippen molar-refractivity contribution in [2.45, 2.75) is 6.42 Å². The first-order valence-electron chi connectivity index (χ1n) is 10.1. The smallest absolute Gasteiger partial charge is 0.344 e. The molecule has 0 atom stereocenters. The van der Waals surface area contributed by atoms with Gasteiger partial charge in [0.1, 0.15) is 5.84 Å². The van der Waals surface area contributed by atoms with Gasteiger partial charge in [-0.1, -0.05) is 5.16 Å². The van der Waals surface area contributed by atoms with E-state index in [0.717, 1.165) is 4.68 Å². The van der Waals surface area contributed by atoms with Crippen LogP contribution < -0.4 is 21.3 Å². The Hall–Kier alpha value is -4.46. The number of carbonyl (C=O) groups excluding carboxylic acids is 3. The standard InChI is InChI=1S/C20H26N10O4.ClH/c1-25(8-6-16(22)24-34)18(31)30-11-7-17(23-30)27(3)20(33)29-10-5-15(13-29)26(2)19(32)28-9-4-14(21)12-28;/h4-5,7,9-13,34H,6,8,21H2,1-3H3,(H2,22,24);1H. The number of nitrogen functional groups attached to an aromatic ring is 1. The number of oxime groups is 1. The zero-order valence-corrected chi connectivity index (χ0v) is 20.2. The number of amides is 3. The molecule has 0 aliphatic rings. The summed E-state index contributed by atoms with van der Waals surface area (Å²) < 4.78 is 3.72. The Balaban J connectivity index is 0.00000432. The van der Waals surface area contributed by atoms with E-state index in [1.54, 1.807) is 32.4 Å². The Bertz CT molecular complexity index is 1230. The van der Waals surface area contributed by atoms with Crippen LogP contribution in [0.1, 0.15) is 6.42 Å². The Morgan fingerprint density at radius 1 is 0.971 bits per heavy atom. The Labute approximate surface area is 207 Å². The summed E-state index contributed by atoms with van der Waals surface area (Å²) in [6, 6.07) is 3.50. The van der Waals surface area contributed by atoms with E-state index in [0.29, 0.717) is 11.4 Å². The molecule has 0 aliphatic carbocycles. The monoisotopic (exact) mass is 506 g/mol. The number of nitrogens with zero attached hydrogens (tertiary/aromatic N) is 8. The van der Waals surface area contributed by atoms with Gasteiger partial charge in [-0.05, 0) is 12.1 Å². The molecule has 0 unspecified atom stereocenters. The summed E-state index contributed by atoms with van der Waals surface area (Å²) in [7, 11) is 4.64. The van der Waals surface area contributed by atoms with Gasteiger partial charge in [-0.2, -0.15) is 4.68 Å². The Morgan fingerprint density at radius 3 is 2.23 bits per heavy atom. The third kappa shape index (κ3) is 5.92. The first-order chi connectivity index (χ1) is 16.1. The van der Waals surface area contributed by atoms with E-state index in [2.05, 4.69) is 10.3 Å². The van der Waals surface area contributed by atoms with Crippen LogP contribution >= 0.6 is 12.4 Å². The minimum atomic E-state index is -0.452. The van der Waals surface area contributed by atoms with Gasteiger partial charge < -0.3 is 21.6 Å². The summed E-state index contributed by atoms with van der Waals surface area (Å²) in [6.45, 7) is 0.215. The SMILES string of the molecule is CN(CCC(N)=NO)C(=O)n1ccc(N(C)C(=O)n2ccc(N(C)C(=O)n3ccc(N)c3)c2)n1.Cl. The highest BCUT2D eigenvalue weighted by atomic mass is 35.5. The number of hydrogen-bond acceptors (Lipinski definition) is 7. The van der Waals surface area contributed by atoms with Crippen molar-refractivity contribution >= 4 is 53.5 Å². The average Bonchev–Trinajstić information content (AvgIpc) is 3.60. The van der Waals surface area contributed by atoms with Crippen LogP contribution in [0.3, 0.4) is 0 Å². The van der Waals surface area contributed by atoms with Crippen molar-refractivity contribution < 1.29 is 19.6 Å². The van der Waals surface area contributed by atoms with Gasteiger partial charge in [0.15, 0.2) is 5.82 Å². The number of rotatable bonds is 5. The minimum absolute atomic E-state index is 0. The average molecular weight is 507 g/mol. The number of hydrogen-bond donors (Lipinski definition) is 3. The van der Waals surface area contributed by atoms with Crippen LogP contribution in [0.5, 0.6) is 0 Å². The summed E-state index contributed by atoms with van der Waals surface area (Å²) in [5.74, 6) is 0.243. The molecule has 3 amide bonds. The van der Waals surface area contributed by atoms with Gasteiger partial charge in [-0.3, -0.25) is 18.9 Å². The summed E-state index contributed by atoms with van der Waals surface area (Å²) in [5.41, 5.74) is 12.0. The lowest BCUT2D eigenvalue weighted by Gasteiger charge is -2.17. The fourth-order valence-electron chi connectivity index (χ4n) is 2.99. The number of aromatic nitrogens is 4. The molecule has 0 fully saturated rings. The van der Waals surface area contributed by atoms with E-state index in [4.69, 9.17) is 16.7 Å². The molecule has 0 saturated heterocycles. The van der Waals surface area contributed by atoms with E-state index in [9.17, 15) is 14.4 Å². The molecule has 0 saturated carbocycles. The zero-order chi connectivity index (χ0) is 25.0. The molecule has 0 bridgehead atoms. The van der Waals surface area contributed by atoms with Gasteiger partial charge >= 0.3 is 18.1 Å². The molecule has 188 valence electrons. The summed E-state index contributed by atoms with van der Waals surface area (Å²) >= 11 is 0. The van der Waals surface area contributed by atoms with Crippen molar-refractivity contribution in [1.82, 2.24) is 23.8 Å². The van der Waals surface area contributed by atoms with Crippen LogP contribution in [0.2, 0.25) is 0 Å². The maximum absolute atomic E-state index is 12.9. The van der Waals surface area contributed by atoms with Crippen LogP contribution in [0, 0.1) is 0 Å². The van der Waals surface area contributed by atoms with E-state index in [1.165, 1.54) is 61.7 Å². The normalized spacial score (nSPS) is 11.0. The van der Waals surface area contributed by atoms with Gasteiger partial charge in [0, 0.05) is 76.8 Å². The van der Waals surface area contributed by atoms with Gasteiger partial charge in [0.25, 0.3) is 0 Å². The largest absolute Gasteiger partial charge is 0.409 e. The minimum Gasteiger partial charge on any atom is -0.409 e. The first kappa shape index (κ1) is 26.8. The van der Waals surface area contributed by atoms with Gasteiger partial charge in [0.2, 0.25) is 0 Å². The molecule has 0 radical (unpaired) electrons. The lowest BCUT2D eigenvalue weighted by molar-refractivity contribution is 0.208. The molecule has 0 aromatic carbocycles. The second kappa shape index (κ2) is 11.1. The van der Waals surface area contributed by atoms with Crippen LogP contribution in [0.15, 0.2) is 54.3 Å². The summed E-state index contributed by atoms with van der Waals surface area (Å²) in [6.07, 6.45) is 7.69. The number of carbonyl (C=O) groups is 3. The molecule has 5 N–H and O–H groups in total. The second-order valence-electron chi connectivity index (χ2n) is 7.48. The lowest BCUT2D eigenvalue weighted by Crippen LogP contribution is -2.35. The second-order valence-corrected chi connectivity index (χ2v) is 7.48. The number of halogens is 1. The topological polar surface area (TPSA) is 173 Å². The molecule has 3 heterocycles. The molecule has 0 spiro atoms. The van der Waals surface area contributed by atoms with Crippen molar-refractivity contribution in [3.63, 3.8) is 0 Å². The number of anilines is 3. The quantitative estimate of drug-likeness (QED) is 0.204. The highest BCUT2D eigenvalue weighted by molar-refractivity contribution is 5.96. The predicted molar refractivity (Wildman–Crippen MR) is 133 cm³/mol. The predicted octanol–water partition coefficient (Wildman–Crippen LogP) is 1.74. The van der Waals surface area contributed by atoms with Gasteiger partial charge in [0.05, 0.1) is 5.69 Å². The van der Waals surface area contributed by atoms with Crippen LogP contribution in [-0.4, -0.2) is 80.6 Å². The molecular weight excluding hydrogens is 480 g/mol. The lowest BCUT2D eigenvalue weighted by atomic mass is 10.4. The van der Waals surface area contributed by atoms with Crippen molar-refractivity contribution in [3.8, 4) is 0 Å². The third-order valence-electron chi connectivity index (χ3n) is 5.07. The highest BCUT2D eigenvalue weighted by Crippen LogP contribution is 2.18. The van der Waals surface area contributed by atoms with Crippen LogP contribution in [-0.2, 0) is 0 Å². The molecule has 35 heavy (non-hydrogen) atoms. The molecule has 0 aliphatic heterocycles. The number of amidine groups is 1. The van der Waals surface area contributed by atoms with Crippen LogP contribution in [0.4, 0.5) is 31.6 Å². The number of nitrogens with two attached hydrogens (primary N) is 2. The van der Waals surface area contributed by atoms with Gasteiger partial charge in [-0.15, -0.1) is 17.5 Å². The molecule has 15 heteroatoms. The maximum atomic E-state index is 12.9. The van der Waals surface area contributed by atoms with Crippen molar-refractivity contribution in [2.24, 2.45) is 10.9 Å². The summed E-state index contributed by atoms with van der Waals surface area (Å²) in [5, 5.41) is 15.6. The van der Waals surface area contributed by atoms with Crippen molar-refractivity contribution in [2.75, 3.05) is 43.2 Å². The van der Waals surface area contributed by atoms with Crippen LogP contribution in [0.25, 0.3) is 0 Å². The molecule has 3 aromatic heterocycles. The highest BCUT2D eigenvalue weighted by Gasteiger charge is 2.20. The van der Waals surface area contributed by atoms with E-state index < -0.39 is 12.1 Å². The van der Waals surface area contributed by atoms with E-state index in [-0.39, 0.29) is 43.1 Å². The molecule has 3 aromatic rings. The first-order valence-corrected chi connectivity index (χ1v) is 10.1. The van der Waals surface area contributed by atoms with Gasteiger partial charge in [-0.25, -0.2) is 14.4 Å². The van der Waals surface area contributed by atoms with E-state index in [1.807, 2.05) is 0 Å². The zero-order valence-electron chi connectivity index (χ0n) is 19.3. The fourth-order valence-corrected chi connectivity index (χ4v) is 2.99.